The second kappa shape index (κ2) is 4.42. The highest BCUT2D eigenvalue weighted by Crippen LogP contribution is 2.47. The average molecular weight is 297 g/mol. The number of nitrogens with one attached hydrogen (secondary N) is 1. The largest absolute Gasteiger partial charge is 0.465 e. The van der Waals surface area contributed by atoms with Gasteiger partial charge in [0.15, 0.2) is 0 Å². The highest BCUT2D eigenvalue weighted by atomic mass is 32.2. The molecule has 0 radical (unpaired) electrons. The van der Waals surface area contributed by atoms with Crippen LogP contribution in [0.2, 0.25) is 0 Å². The second-order valence-electron chi connectivity index (χ2n) is 5.33. The Labute approximate surface area is 116 Å². The molecule has 108 valence electrons. The van der Waals surface area contributed by atoms with Gasteiger partial charge >= 0.3 is 6.09 Å². The van der Waals surface area contributed by atoms with Crippen LogP contribution in [0.4, 0.5) is 4.79 Å². The number of pyridine rings is 1. The summed E-state index contributed by atoms with van der Waals surface area (Å²) >= 11 is 0. The van der Waals surface area contributed by atoms with Crippen molar-refractivity contribution in [2.75, 3.05) is 13.1 Å². The Morgan fingerprint density at radius 1 is 1.45 bits per heavy atom. The van der Waals surface area contributed by atoms with Crippen molar-refractivity contribution in [2.45, 2.75) is 23.3 Å². The lowest BCUT2D eigenvalue weighted by Gasteiger charge is -2.42. The van der Waals surface area contributed by atoms with Crippen LogP contribution < -0.4 is 4.72 Å². The van der Waals surface area contributed by atoms with E-state index in [1.807, 2.05) is 0 Å². The molecular weight excluding hydrogens is 282 g/mol. The Morgan fingerprint density at radius 3 is 2.65 bits per heavy atom. The van der Waals surface area contributed by atoms with Crippen LogP contribution in [-0.2, 0) is 10.0 Å². The quantitative estimate of drug-likeness (QED) is 0.843. The number of nitrogens with zero attached hydrogens (tertiary/aromatic N) is 2. The number of carbonyl (C=O) groups is 1. The Morgan fingerprint density at radius 2 is 2.15 bits per heavy atom. The van der Waals surface area contributed by atoms with Crippen molar-refractivity contribution in [2.24, 2.45) is 5.92 Å². The topological polar surface area (TPSA) is 99.6 Å². The molecule has 20 heavy (non-hydrogen) atoms. The molecule has 2 N–H and O–H groups in total. The van der Waals surface area contributed by atoms with Gasteiger partial charge in [-0.1, -0.05) is 0 Å². The minimum atomic E-state index is -3.59. The third-order valence-electron chi connectivity index (χ3n) is 4.00. The predicted octanol–water partition coefficient (Wildman–Crippen LogP) is 0.502. The third-order valence-corrected chi connectivity index (χ3v) is 5.54. The number of hydrogen-bond acceptors (Lipinski definition) is 4. The zero-order valence-electron chi connectivity index (χ0n) is 10.7. The van der Waals surface area contributed by atoms with E-state index in [9.17, 15) is 13.2 Å². The Bertz CT molecular complexity index is 621. The van der Waals surface area contributed by atoms with E-state index in [0.29, 0.717) is 13.1 Å². The van der Waals surface area contributed by atoms with Gasteiger partial charge in [0.25, 0.3) is 0 Å². The van der Waals surface area contributed by atoms with E-state index in [-0.39, 0.29) is 10.8 Å². The molecule has 1 aliphatic heterocycles. The molecule has 2 heterocycles. The van der Waals surface area contributed by atoms with Crippen LogP contribution in [0.5, 0.6) is 0 Å². The predicted molar refractivity (Wildman–Crippen MR) is 69.6 cm³/mol. The van der Waals surface area contributed by atoms with Crippen molar-refractivity contribution >= 4 is 16.1 Å². The fraction of sp³-hybridized carbons (Fsp3) is 0.500. The second-order valence-corrected chi connectivity index (χ2v) is 7.02. The summed E-state index contributed by atoms with van der Waals surface area (Å²) in [5.41, 5.74) is -0.472. The highest BCUT2D eigenvalue weighted by Gasteiger charge is 2.56. The standard InChI is InChI=1S/C12H15N3O4S/c16-11(17)15-7-9(8-15)12(3-4-12)14-20(18,19)10-2-1-5-13-6-10/h1-2,5-6,9,14H,3-4,7-8H2,(H,16,17). The van der Waals surface area contributed by atoms with E-state index in [1.54, 1.807) is 6.07 Å². The molecule has 0 spiro atoms. The lowest BCUT2D eigenvalue weighted by atomic mass is 9.90. The first-order chi connectivity index (χ1) is 9.43. The van der Waals surface area contributed by atoms with Crippen LogP contribution in [-0.4, -0.2) is 48.1 Å². The van der Waals surface area contributed by atoms with Gasteiger partial charge in [0.05, 0.1) is 0 Å². The summed E-state index contributed by atoms with van der Waals surface area (Å²) in [7, 11) is -3.59. The van der Waals surface area contributed by atoms with Crippen LogP contribution in [0, 0.1) is 5.92 Å². The summed E-state index contributed by atoms with van der Waals surface area (Å²) in [4.78, 5) is 16.0. The first-order valence-corrected chi connectivity index (χ1v) is 7.83. The number of amides is 1. The van der Waals surface area contributed by atoms with Crippen LogP contribution in [0.1, 0.15) is 12.8 Å². The van der Waals surface area contributed by atoms with E-state index in [2.05, 4.69) is 9.71 Å². The van der Waals surface area contributed by atoms with Gasteiger partial charge in [0.1, 0.15) is 4.90 Å². The van der Waals surface area contributed by atoms with Gasteiger partial charge < -0.3 is 10.0 Å². The van der Waals surface area contributed by atoms with E-state index < -0.39 is 21.7 Å². The van der Waals surface area contributed by atoms with Crippen molar-refractivity contribution in [1.82, 2.24) is 14.6 Å². The average Bonchev–Trinajstić information content (AvgIpc) is 3.07. The summed E-state index contributed by atoms with van der Waals surface area (Å²) in [5, 5.41) is 8.83. The molecule has 1 amide bonds. The van der Waals surface area contributed by atoms with E-state index >= 15 is 0 Å². The molecule has 7 nitrogen and oxygen atoms in total. The maximum atomic E-state index is 12.3. The number of likely N-dealkylation sites (tertiary alicyclic amines) is 1. The maximum Gasteiger partial charge on any atom is 0.407 e. The summed E-state index contributed by atoms with van der Waals surface area (Å²) in [6, 6.07) is 3.07. The molecule has 0 aromatic carbocycles. The van der Waals surface area contributed by atoms with Gasteiger partial charge in [-0.2, -0.15) is 0 Å². The Hall–Kier alpha value is -1.67. The van der Waals surface area contributed by atoms with Crippen molar-refractivity contribution in [3.05, 3.63) is 24.5 Å². The fourth-order valence-corrected chi connectivity index (χ4v) is 4.03. The van der Waals surface area contributed by atoms with Gasteiger partial charge in [0.2, 0.25) is 10.0 Å². The van der Waals surface area contributed by atoms with E-state index in [1.165, 1.54) is 23.4 Å². The SMILES string of the molecule is O=C(O)N1CC(C2(NS(=O)(=O)c3cccnc3)CC2)C1. The van der Waals surface area contributed by atoms with Crippen molar-refractivity contribution in [3.63, 3.8) is 0 Å². The fourth-order valence-electron chi connectivity index (χ4n) is 2.55. The molecular formula is C12H15N3O4S. The van der Waals surface area contributed by atoms with Crippen LogP contribution >= 0.6 is 0 Å². The summed E-state index contributed by atoms with van der Waals surface area (Å²) in [6.45, 7) is 0.787. The smallest absolute Gasteiger partial charge is 0.407 e. The molecule has 3 rings (SSSR count). The zero-order chi connectivity index (χ0) is 14.4. The number of aromatic nitrogens is 1. The highest BCUT2D eigenvalue weighted by molar-refractivity contribution is 7.89. The molecule has 2 aliphatic rings. The number of carboxylic acid groups (broad SMARTS) is 1. The number of hydrogen-bond donors (Lipinski definition) is 2. The Balaban J connectivity index is 1.71. The molecule has 1 saturated heterocycles. The molecule has 1 aromatic heterocycles. The zero-order valence-corrected chi connectivity index (χ0v) is 11.5. The van der Waals surface area contributed by atoms with Gasteiger partial charge in [-0.25, -0.2) is 17.9 Å². The maximum absolute atomic E-state index is 12.3. The van der Waals surface area contributed by atoms with Crippen LogP contribution in [0.15, 0.2) is 29.4 Å². The van der Waals surface area contributed by atoms with Crippen LogP contribution in [0.25, 0.3) is 0 Å². The van der Waals surface area contributed by atoms with Crippen LogP contribution in [0.3, 0.4) is 0 Å². The van der Waals surface area contributed by atoms with Gasteiger partial charge in [-0.3, -0.25) is 4.98 Å². The lowest BCUT2D eigenvalue weighted by molar-refractivity contribution is 0.0637. The normalized spacial score (nSPS) is 21.3. The first-order valence-electron chi connectivity index (χ1n) is 6.35. The minimum absolute atomic E-state index is 0.0602. The van der Waals surface area contributed by atoms with Crippen molar-refractivity contribution < 1.29 is 18.3 Å². The molecule has 0 bridgehead atoms. The molecule has 1 aromatic rings. The summed E-state index contributed by atoms with van der Waals surface area (Å²) in [5.74, 6) is 0.0602. The summed E-state index contributed by atoms with van der Waals surface area (Å²) < 4.78 is 27.3. The number of rotatable bonds is 4. The molecule has 1 aliphatic carbocycles. The van der Waals surface area contributed by atoms with Gasteiger partial charge in [0, 0.05) is 36.9 Å². The summed E-state index contributed by atoms with van der Waals surface area (Å²) in [6.07, 6.45) is 3.38. The monoisotopic (exact) mass is 297 g/mol. The minimum Gasteiger partial charge on any atom is -0.465 e. The molecule has 2 fully saturated rings. The molecule has 8 heteroatoms. The van der Waals surface area contributed by atoms with E-state index in [0.717, 1.165) is 12.8 Å². The van der Waals surface area contributed by atoms with Gasteiger partial charge in [-0.15, -0.1) is 0 Å². The molecule has 0 atom stereocenters. The first kappa shape index (κ1) is 13.3. The van der Waals surface area contributed by atoms with E-state index in [4.69, 9.17) is 5.11 Å². The lowest BCUT2D eigenvalue weighted by Crippen LogP contribution is -2.59. The molecule has 1 saturated carbocycles. The van der Waals surface area contributed by atoms with Crippen molar-refractivity contribution in [3.8, 4) is 0 Å². The van der Waals surface area contributed by atoms with Crippen molar-refractivity contribution in [1.29, 1.82) is 0 Å². The Kier molecular flexibility index (Phi) is 2.94. The third kappa shape index (κ3) is 2.25. The van der Waals surface area contributed by atoms with Gasteiger partial charge in [-0.05, 0) is 25.0 Å². The molecule has 0 unspecified atom stereocenters. The number of sulfonamides is 1.